The van der Waals surface area contributed by atoms with Crippen molar-refractivity contribution in [1.82, 2.24) is 0 Å². The minimum atomic E-state index is 0.997. The zero-order valence-electron chi connectivity index (χ0n) is 10.7. The summed E-state index contributed by atoms with van der Waals surface area (Å²) in [6.45, 7) is 0. The van der Waals surface area contributed by atoms with Crippen LogP contribution in [0.5, 0.6) is 0 Å². The summed E-state index contributed by atoms with van der Waals surface area (Å²) in [4.78, 5) is 3.06. The molecule has 0 spiro atoms. The van der Waals surface area contributed by atoms with E-state index in [4.69, 9.17) is 0 Å². The largest absolute Gasteiger partial charge is 0.134 e. The minimum absolute atomic E-state index is 0.997. The van der Waals surface area contributed by atoms with Crippen molar-refractivity contribution in [2.45, 2.75) is 0 Å². The maximum Gasteiger partial charge on any atom is 0.0928 e. The Hall–Kier alpha value is -2.22. The molecule has 3 aromatic rings. The molecule has 3 aromatic heterocycles. The fourth-order valence-electron chi connectivity index (χ4n) is 1.89. The molecule has 0 radical (unpaired) electrons. The highest BCUT2D eigenvalue weighted by Crippen LogP contribution is 2.20. The lowest BCUT2D eigenvalue weighted by molar-refractivity contribution is 1.73. The molecule has 0 unspecified atom stereocenters. The van der Waals surface area contributed by atoms with Gasteiger partial charge in [0, 0.05) is 0 Å². The number of thiophene rings is 3. The summed E-state index contributed by atoms with van der Waals surface area (Å²) < 4.78 is 0. The highest BCUT2D eigenvalue weighted by atomic mass is 32.1. The van der Waals surface area contributed by atoms with Gasteiger partial charge in [-0.05, 0) is 52.1 Å². The van der Waals surface area contributed by atoms with Crippen molar-refractivity contribution in [1.29, 1.82) is 0 Å². The SMILES string of the molecule is C1#Cc2sccc2C#Cc2sccc2C#Cc2sccc21. The number of hydrogen-bond donors (Lipinski definition) is 0. The van der Waals surface area contributed by atoms with Gasteiger partial charge in [-0.2, -0.15) is 0 Å². The van der Waals surface area contributed by atoms with Gasteiger partial charge in [-0.3, -0.25) is 0 Å². The standard InChI is InChI=1S/C18H6S3/c1-4-16-14(8-11-19-16)3-6-18-15(9-12-21-18)2-5-17-13(1)7-10-20-17/h7-12H. The zero-order chi connectivity index (χ0) is 14.1. The van der Waals surface area contributed by atoms with Crippen LogP contribution in [0.15, 0.2) is 34.3 Å². The van der Waals surface area contributed by atoms with Crippen molar-refractivity contribution in [3.63, 3.8) is 0 Å². The van der Waals surface area contributed by atoms with Gasteiger partial charge in [0.2, 0.25) is 0 Å². The summed E-state index contributed by atoms with van der Waals surface area (Å²) >= 11 is 4.89. The molecule has 0 atom stereocenters. The Morgan fingerprint density at radius 2 is 0.810 bits per heavy atom. The van der Waals surface area contributed by atoms with Crippen LogP contribution in [0, 0.1) is 35.5 Å². The summed E-state index contributed by atoms with van der Waals surface area (Å²) in [7, 11) is 0. The quantitative estimate of drug-likeness (QED) is 0.422. The van der Waals surface area contributed by atoms with Crippen molar-refractivity contribution in [3.8, 4) is 35.5 Å². The molecule has 0 amide bonds. The van der Waals surface area contributed by atoms with Crippen LogP contribution in [0.4, 0.5) is 0 Å². The lowest BCUT2D eigenvalue weighted by Crippen LogP contribution is -1.80. The first-order valence-corrected chi connectivity index (χ1v) is 8.82. The van der Waals surface area contributed by atoms with Crippen LogP contribution < -0.4 is 0 Å². The normalized spacial score (nSPS) is 10.9. The monoisotopic (exact) mass is 318 g/mol. The number of rotatable bonds is 0. The third-order valence-electron chi connectivity index (χ3n) is 2.93. The molecule has 0 nitrogen and oxygen atoms in total. The van der Waals surface area contributed by atoms with E-state index >= 15 is 0 Å². The van der Waals surface area contributed by atoms with E-state index in [1.54, 1.807) is 34.0 Å². The second-order valence-electron chi connectivity index (χ2n) is 4.24. The molecule has 0 N–H and O–H groups in total. The fourth-order valence-corrected chi connectivity index (χ4v) is 3.97. The highest BCUT2D eigenvalue weighted by molar-refractivity contribution is 7.11. The Bertz CT molecular complexity index is 806. The Labute approximate surface area is 135 Å². The molecule has 4 rings (SSSR count). The molecule has 1 aliphatic carbocycles. The predicted molar refractivity (Wildman–Crippen MR) is 90.9 cm³/mol. The predicted octanol–water partition coefficient (Wildman–Crippen LogP) is 4.38. The van der Waals surface area contributed by atoms with Crippen molar-refractivity contribution in [3.05, 3.63) is 65.7 Å². The van der Waals surface area contributed by atoms with Crippen LogP contribution in [0.3, 0.4) is 0 Å². The van der Waals surface area contributed by atoms with Gasteiger partial charge in [-0.25, -0.2) is 0 Å². The maximum atomic E-state index is 3.23. The van der Waals surface area contributed by atoms with E-state index in [1.807, 2.05) is 34.3 Å². The summed E-state index contributed by atoms with van der Waals surface area (Å²) in [5.41, 5.74) is 2.99. The van der Waals surface area contributed by atoms with E-state index in [9.17, 15) is 0 Å². The van der Waals surface area contributed by atoms with E-state index in [-0.39, 0.29) is 0 Å². The second-order valence-corrected chi connectivity index (χ2v) is 6.99. The van der Waals surface area contributed by atoms with Crippen molar-refractivity contribution in [2.24, 2.45) is 0 Å². The van der Waals surface area contributed by atoms with E-state index < -0.39 is 0 Å². The van der Waals surface area contributed by atoms with E-state index in [2.05, 4.69) is 35.5 Å². The van der Waals surface area contributed by atoms with Crippen LogP contribution in [0.25, 0.3) is 0 Å². The van der Waals surface area contributed by atoms with Gasteiger partial charge in [0.15, 0.2) is 0 Å². The van der Waals surface area contributed by atoms with Gasteiger partial charge in [-0.15, -0.1) is 34.0 Å². The van der Waals surface area contributed by atoms with Crippen molar-refractivity contribution >= 4 is 34.0 Å². The van der Waals surface area contributed by atoms with Gasteiger partial charge in [0.05, 0.1) is 31.3 Å². The summed E-state index contributed by atoms with van der Waals surface area (Å²) in [5.74, 6) is 19.4. The van der Waals surface area contributed by atoms with Gasteiger partial charge in [0.25, 0.3) is 0 Å². The number of fused-ring (bicyclic) bond motifs is 3. The second kappa shape index (κ2) is 5.28. The Morgan fingerprint density at radius 3 is 1.14 bits per heavy atom. The molecule has 1 aliphatic rings. The number of hydrogen-bond acceptors (Lipinski definition) is 3. The zero-order valence-corrected chi connectivity index (χ0v) is 13.1. The molecular formula is C18H6S3. The van der Waals surface area contributed by atoms with Gasteiger partial charge in [-0.1, -0.05) is 17.8 Å². The van der Waals surface area contributed by atoms with Crippen molar-refractivity contribution in [2.75, 3.05) is 0 Å². The van der Waals surface area contributed by atoms with Crippen LogP contribution in [0.2, 0.25) is 0 Å². The van der Waals surface area contributed by atoms with E-state index in [0.717, 1.165) is 31.3 Å². The molecule has 0 saturated heterocycles. The first kappa shape index (κ1) is 12.5. The Balaban J connectivity index is 1.99. The van der Waals surface area contributed by atoms with Crippen LogP contribution in [-0.2, 0) is 0 Å². The third kappa shape index (κ3) is 2.42. The first-order valence-electron chi connectivity index (χ1n) is 6.19. The van der Waals surface area contributed by atoms with E-state index in [0.29, 0.717) is 0 Å². The molecule has 3 heteroatoms. The summed E-state index contributed by atoms with van der Waals surface area (Å²) in [5, 5.41) is 6.11. The maximum absolute atomic E-state index is 3.23. The van der Waals surface area contributed by atoms with Crippen molar-refractivity contribution < 1.29 is 0 Å². The summed E-state index contributed by atoms with van der Waals surface area (Å²) in [6.07, 6.45) is 0. The molecule has 0 saturated carbocycles. The fraction of sp³-hybridized carbons (Fsp3) is 0. The third-order valence-corrected chi connectivity index (χ3v) is 5.42. The minimum Gasteiger partial charge on any atom is -0.134 e. The molecule has 0 aromatic carbocycles. The molecule has 0 fully saturated rings. The lowest BCUT2D eigenvalue weighted by Gasteiger charge is -1.90. The molecule has 96 valence electrons. The topological polar surface area (TPSA) is 0 Å². The smallest absolute Gasteiger partial charge is 0.0928 e. The molecular weight excluding hydrogens is 312 g/mol. The Kier molecular flexibility index (Phi) is 3.15. The van der Waals surface area contributed by atoms with Crippen LogP contribution in [0.1, 0.15) is 31.3 Å². The molecule has 0 bridgehead atoms. The van der Waals surface area contributed by atoms with Gasteiger partial charge >= 0.3 is 0 Å². The molecule has 3 heterocycles. The first-order chi connectivity index (χ1) is 10.4. The van der Waals surface area contributed by atoms with Gasteiger partial charge < -0.3 is 0 Å². The lowest BCUT2D eigenvalue weighted by atomic mass is 10.2. The highest BCUT2D eigenvalue weighted by Gasteiger charge is 2.04. The summed E-state index contributed by atoms with van der Waals surface area (Å²) in [6, 6.07) is 6.09. The molecule has 21 heavy (non-hydrogen) atoms. The Morgan fingerprint density at radius 1 is 0.476 bits per heavy atom. The average molecular weight is 318 g/mol. The van der Waals surface area contributed by atoms with Crippen LogP contribution >= 0.6 is 34.0 Å². The van der Waals surface area contributed by atoms with E-state index in [1.165, 1.54) is 0 Å². The van der Waals surface area contributed by atoms with Crippen LogP contribution in [-0.4, -0.2) is 0 Å². The average Bonchev–Trinajstić information content (AvgIpc) is 3.20. The molecule has 0 aliphatic heterocycles. The van der Waals surface area contributed by atoms with Gasteiger partial charge in [0.1, 0.15) is 0 Å².